The summed E-state index contributed by atoms with van der Waals surface area (Å²) in [6.07, 6.45) is 3.41. The van der Waals surface area contributed by atoms with E-state index in [1.165, 1.54) is 4.90 Å². The number of rotatable bonds is 8. The van der Waals surface area contributed by atoms with Crippen molar-refractivity contribution in [2.75, 3.05) is 6.54 Å². The second-order valence-corrected chi connectivity index (χ2v) is 9.14. The van der Waals surface area contributed by atoms with Crippen molar-refractivity contribution in [2.45, 2.75) is 62.3 Å². The van der Waals surface area contributed by atoms with Crippen molar-refractivity contribution in [2.24, 2.45) is 0 Å². The van der Waals surface area contributed by atoms with Gasteiger partial charge in [-0.2, -0.15) is 0 Å². The first-order valence-corrected chi connectivity index (χ1v) is 11.2. The number of amides is 2. The maximum Gasteiger partial charge on any atom is 0.290 e. The number of halogens is 1. The Morgan fingerprint density at radius 1 is 1.24 bits per heavy atom. The molecule has 1 aliphatic rings. The summed E-state index contributed by atoms with van der Waals surface area (Å²) in [5.41, 5.74) is -1.43. The molecule has 1 aromatic carbocycles. The molecule has 1 N–H and O–H groups in total. The molecule has 3 rings (SSSR count). The summed E-state index contributed by atoms with van der Waals surface area (Å²) in [5, 5.41) is 8.95. The van der Waals surface area contributed by atoms with E-state index >= 15 is 0 Å². The van der Waals surface area contributed by atoms with Crippen molar-refractivity contribution < 1.29 is 19.1 Å². The number of aliphatic hydroxyl groups is 1. The summed E-state index contributed by atoms with van der Waals surface area (Å²) in [6, 6.07) is 4.79. The van der Waals surface area contributed by atoms with E-state index in [1.54, 1.807) is 25.1 Å². The van der Waals surface area contributed by atoms with E-state index in [2.05, 4.69) is 0 Å². The van der Waals surface area contributed by atoms with Crippen LogP contribution in [0.5, 0.6) is 0 Å². The van der Waals surface area contributed by atoms with Crippen molar-refractivity contribution in [3.8, 4) is 0 Å². The van der Waals surface area contributed by atoms with Crippen LogP contribution in [0, 0.1) is 0 Å². The third-order valence-corrected chi connectivity index (χ3v) is 6.32. The van der Waals surface area contributed by atoms with Crippen LogP contribution in [-0.2, 0) is 4.79 Å². The number of fused-ring (bicyclic) bond motifs is 1. The van der Waals surface area contributed by atoms with Crippen molar-refractivity contribution >= 4 is 73.6 Å². The number of benzene rings is 1. The second-order valence-electron chi connectivity index (χ2n) is 8.70. The molecule has 33 heavy (non-hydrogen) atoms. The molecule has 0 aliphatic heterocycles. The first kappa shape index (κ1) is 25.9. The quantitative estimate of drug-likeness (QED) is 0.483. The fourth-order valence-electron chi connectivity index (χ4n) is 4.07. The average Bonchev–Trinajstić information content (AvgIpc) is 2.99. The lowest BCUT2D eigenvalue weighted by Crippen LogP contribution is -2.67. The van der Waals surface area contributed by atoms with Crippen molar-refractivity contribution in [3.05, 3.63) is 34.5 Å². The van der Waals surface area contributed by atoms with Crippen LogP contribution in [0.4, 0.5) is 0 Å². The monoisotopic (exact) mass is 456 g/mol. The van der Waals surface area contributed by atoms with Crippen LogP contribution in [0.15, 0.2) is 22.6 Å². The highest BCUT2D eigenvalue weighted by Gasteiger charge is 2.39. The van der Waals surface area contributed by atoms with Crippen LogP contribution in [0.2, 0.25) is 5.02 Å². The zero-order valence-corrected chi connectivity index (χ0v) is 19.5. The first-order valence-electron chi connectivity index (χ1n) is 10.8. The zero-order valence-electron chi connectivity index (χ0n) is 18.8. The molecule has 2 amide bonds. The molecule has 12 heteroatoms. The fourth-order valence-corrected chi connectivity index (χ4v) is 4.24. The number of carbonyl (C=O) groups is 2. The van der Waals surface area contributed by atoms with E-state index < -0.39 is 29.1 Å². The van der Waals surface area contributed by atoms with Crippen LogP contribution in [-0.4, -0.2) is 89.3 Å². The number of carbonyl (C=O) groups excluding carboxylic acids is 2. The van der Waals surface area contributed by atoms with Crippen LogP contribution < -0.4 is 0 Å². The van der Waals surface area contributed by atoms with Gasteiger partial charge in [0, 0.05) is 27.5 Å². The largest absolute Gasteiger partial charge is 0.451 e. The molecule has 0 saturated heterocycles. The first-order chi connectivity index (χ1) is 15.3. The normalized spacial score (nSPS) is 15.8. The van der Waals surface area contributed by atoms with E-state index in [0.29, 0.717) is 21.9 Å². The topological polar surface area (TPSA) is 74.0 Å². The summed E-state index contributed by atoms with van der Waals surface area (Å²) >= 11 is 6.20. The van der Waals surface area contributed by atoms with Gasteiger partial charge in [0.15, 0.2) is 5.76 Å². The Hall–Kier alpha value is -1.73. The SMILES string of the molecule is [B]C([B])([B])N(C(=O)CN(C(=O)c1oc2ccc(Cl)cc2c1C1CCC1)C(C)CC)C([B])([B])O. The third kappa shape index (κ3) is 5.35. The lowest BCUT2D eigenvalue weighted by Gasteiger charge is -2.47. The van der Waals surface area contributed by atoms with E-state index in [4.69, 9.17) is 55.2 Å². The molecular weight excluding hydrogens is 434 g/mol. The van der Waals surface area contributed by atoms with Crippen LogP contribution in [0.3, 0.4) is 0 Å². The Labute approximate surface area is 205 Å². The third-order valence-electron chi connectivity index (χ3n) is 6.08. The maximum atomic E-state index is 13.7. The Morgan fingerprint density at radius 3 is 2.36 bits per heavy atom. The molecule has 0 bridgehead atoms. The molecule has 162 valence electrons. The van der Waals surface area contributed by atoms with Gasteiger partial charge in [-0.3, -0.25) is 9.59 Å². The standard InChI is InChI=1S/C21H22B5ClN2O4/c1-3-11(2)28(10-16(30)29(20(22,23)24)21(25,26)32)19(31)18-17(12-5-4-6-12)14-9-13(27)7-8-15(14)33-18/h7-9,11-12,32H,3-6,10H2,1-2H3. The van der Waals surface area contributed by atoms with Gasteiger partial charge in [-0.05, 0) is 50.3 Å². The number of furan rings is 1. The Kier molecular flexibility index (Phi) is 7.45. The summed E-state index contributed by atoms with van der Waals surface area (Å²) < 4.78 is 5.98. The summed E-state index contributed by atoms with van der Waals surface area (Å²) in [6.45, 7) is 3.09. The minimum absolute atomic E-state index is 0.145. The molecule has 1 aliphatic carbocycles. The van der Waals surface area contributed by atoms with Crippen molar-refractivity contribution in [1.82, 2.24) is 9.80 Å². The van der Waals surface area contributed by atoms with E-state index in [0.717, 1.165) is 30.2 Å². The number of hydrogen-bond acceptors (Lipinski definition) is 4. The molecule has 0 spiro atoms. The molecule has 1 unspecified atom stereocenters. The van der Waals surface area contributed by atoms with E-state index in [9.17, 15) is 14.7 Å². The molecule has 1 atom stereocenters. The molecule has 1 fully saturated rings. The van der Waals surface area contributed by atoms with Gasteiger partial charge in [0.25, 0.3) is 5.91 Å². The highest BCUT2D eigenvalue weighted by Crippen LogP contribution is 2.44. The minimum Gasteiger partial charge on any atom is -0.451 e. The average molecular weight is 456 g/mol. The highest BCUT2D eigenvalue weighted by atomic mass is 35.5. The molecule has 1 heterocycles. The number of nitrogens with zero attached hydrogens (tertiary/aromatic N) is 2. The molecule has 1 saturated carbocycles. The Morgan fingerprint density at radius 2 is 1.88 bits per heavy atom. The van der Waals surface area contributed by atoms with Crippen LogP contribution >= 0.6 is 11.6 Å². The second kappa shape index (κ2) is 9.49. The van der Waals surface area contributed by atoms with Gasteiger partial charge in [0.05, 0.1) is 23.5 Å². The van der Waals surface area contributed by atoms with Crippen molar-refractivity contribution in [1.29, 1.82) is 0 Å². The smallest absolute Gasteiger partial charge is 0.290 e. The minimum atomic E-state index is -2.74. The molecular formula is C21H22B5ClN2O4. The Bertz CT molecular complexity index is 1030. The highest BCUT2D eigenvalue weighted by molar-refractivity contribution is 6.60. The van der Waals surface area contributed by atoms with Crippen molar-refractivity contribution in [3.63, 3.8) is 0 Å². The number of hydrogen-bond donors (Lipinski definition) is 1. The van der Waals surface area contributed by atoms with Crippen LogP contribution in [0.1, 0.15) is 61.6 Å². The van der Waals surface area contributed by atoms with Gasteiger partial charge < -0.3 is 19.3 Å². The zero-order chi connectivity index (χ0) is 24.7. The predicted octanol–water partition coefficient (Wildman–Crippen LogP) is 1.48. The van der Waals surface area contributed by atoms with Gasteiger partial charge in [0.1, 0.15) is 27.8 Å². The maximum absolute atomic E-state index is 13.7. The predicted molar refractivity (Wildman–Crippen MR) is 132 cm³/mol. The van der Waals surface area contributed by atoms with E-state index in [1.807, 2.05) is 6.92 Å². The Balaban J connectivity index is 2.03. The lowest BCUT2D eigenvalue weighted by atomic mass is 9.46. The van der Waals surface area contributed by atoms with Gasteiger partial charge in [-0.15, -0.1) is 0 Å². The van der Waals surface area contributed by atoms with E-state index in [-0.39, 0.29) is 17.7 Å². The van der Waals surface area contributed by atoms with Gasteiger partial charge >= 0.3 is 0 Å². The van der Waals surface area contributed by atoms with Gasteiger partial charge in [-0.25, -0.2) is 0 Å². The lowest BCUT2D eigenvalue weighted by molar-refractivity contribution is -0.141. The molecule has 1 aromatic heterocycles. The molecule has 6 nitrogen and oxygen atoms in total. The van der Waals surface area contributed by atoms with Gasteiger partial charge in [-0.1, -0.05) is 30.2 Å². The molecule has 10 radical (unpaired) electrons. The summed E-state index contributed by atoms with van der Waals surface area (Å²) in [4.78, 5) is 28.4. The fraction of sp³-hybridized carbons (Fsp3) is 0.524. The molecule has 2 aromatic rings. The van der Waals surface area contributed by atoms with Gasteiger partial charge in [0.2, 0.25) is 5.91 Å². The summed E-state index contributed by atoms with van der Waals surface area (Å²) in [7, 11) is 27.7. The van der Waals surface area contributed by atoms with Crippen LogP contribution in [0.25, 0.3) is 11.0 Å². The summed E-state index contributed by atoms with van der Waals surface area (Å²) in [5.74, 6) is -1.14.